The molecule has 1 atom stereocenters. The van der Waals surface area contributed by atoms with Crippen LogP contribution in [0.3, 0.4) is 0 Å². The van der Waals surface area contributed by atoms with Crippen LogP contribution in [-0.2, 0) is 14.3 Å². The van der Waals surface area contributed by atoms with Gasteiger partial charge in [0.05, 0.1) is 29.8 Å². The van der Waals surface area contributed by atoms with Gasteiger partial charge in [-0.1, -0.05) is 11.6 Å². The van der Waals surface area contributed by atoms with Gasteiger partial charge in [-0.15, -0.1) is 12.4 Å². The van der Waals surface area contributed by atoms with Crippen molar-refractivity contribution in [1.29, 1.82) is 0 Å². The minimum Gasteiger partial charge on any atom is -0.381 e. The van der Waals surface area contributed by atoms with Crippen molar-refractivity contribution >= 4 is 41.5 Å². The number of nitrogens with two attached hydrogens (primary N) is 1. The summed E-state index contributed by atoms with van der Waals surface area (Å²) in [4.78, 5) is 26.6. The van der Waals surface area contributed by atoms with Crippen molar-refractivity contribution in [3.05, 3.63) is 28.8 Å². The van der Waals surface area contributed by atoms with Crippen molar-refractivity contribution in [3.8, 4) is 0 Å². The van der Waals surface area contributed by atoms with Crippen LogP contribution in [0.25, 0.3) is 0 Å². The zero-order valence-corrected chi connectivity index (χ0v) is 16.6. The number of benzene rings is 1. The molecule has 0 radical (unpaired) electrons. The van der Waals surface area contributed by atoms with Crippen LogP contribution in [0.15, 0.2) is 18.2 Å². The average molecular weight is 418 g/mol. The molecule has 9 heteroatoms. The molecule has 2 aliphatic rings. The third-order valence-corrected chi connectivity index (χ3v) is 5.15. The number of nitrogens with zero attached hydrogens (tertiary/aromatic N) is 1. The lowest BCUT2D eigenvalue weighted by molar-refractivity contribution is -0.119. The Balaban J connectivity index is 0.00000261. The quantitative estimate of drug-likeness (QED) is 0.780. The fourth-order valence-electron chi connectivity index (χ4n) is 3.22. The van der Waals surface area contributed by atoms with Crippen LogP contribution in [0, 0.1) is 5.92 Å². The van der Waals surface area contributed by atoms with Crippen LogP contribution in [0.2, 0.25) is 5.02 Å². The lowest BCUT2D eigenvalue weighted by Gasteiger charge is -2.27. The smallest absolute Gasteiger partial charge is 0.255 e. The van der Waals surface area contributed by atoms with Gasteiger partial charge in [0.25, 0.3) is 5.91 Å². The van der Waals surface area contributed by atoms with Gasteiger partial charge in [0, 0.05) is 32.0 Å². The lowest BCUT2D eigenvalue weighted by atomic mass is 9.92. The number of ether oxygens (including phenoxy) is 2. The van der Waals surface area contributed by atoms with E-state index in [9.17, 15) is 9.59 Å². The van der Waals surface area contributed by atoms with Crippen molar-refractivity contribution < 1.29 is 19.1 Å². The van der Waals surface area contributed by atoms with Gasteiger partial charge in [-0.3, -0.25) is 9.59 Å². The number of carbonyl (C=O) groups is 2. The summed E-state index contributed by atoms with van der Waals surface area (Å²) in [5.74, 6) is -0.267. The number of rotatable bonds is 4. The van der Waals surface area contributed by atoms with Crippen LogP contribution in [0.5, 0.6) is 0 Å². The first kappa shape index (κ1) is 21.9. The molecule has 0 aliphatic carbocycles. The highest BCUT2D eigenvalue weighted by atomic mass is 35.5. The molecule has 3 rings (SSSR count). The molecule has 2 aliphatic heterocycles. The molecule has 2 amide bonds. The molecule has 2 saturated heterocycles. The van der Waals surface area contributed by atoms with Gasteiger partial charge in [0.1, 0.15) is 0 Å². The Kier molecular flexibility index (Phi) is 8.31. The number of carbonyl (C=O) groups excluding carboxylic acids is 2. The summed E-state index contributed by atoms with van der Waals surface area (Å²) in [6.45, 7) is 3.43. The molecular weight excluding hydrogens is 393 g/mol. The van der Waals surface area contributed by atoms with E-state index in [2.05, 4.69) is 5.32 Å². The van der Waals surface area contributed by atoms with Crippen molar-refractivity contribution in [2.75, 3.05) is 44.8 Å². The predicted octanol–water partition coefficient (Wildman–Crippen LogP) is 1.93. The third-order valence-electron chi connectivity index (χ3n) is 4.84. The van der Waals surface area contributed by atoms with E-state index < -0.39 is 6.04 Å². The Hall–Kier alpha value is -1.38. The summed E-state index contributed by atoms with van der Waals surface area (Å²) >= 11 is 6.28. The van der Waals surface area contributed by atoms with Crippen molar-refractivity contribution in [2.45, 2.75) is 18.9 Å². The van der Waals surface area contributed by atoms with Crippen LogP contribution < -0.4 is 11.1 Å². The van der Waals surface area contributed by atoms with E-state index in [1.807, 2.05) is 0 Å². The number of nitrogens with one attached hydrogen (secondary N) is 1. The fourth-order valence-corrected chi connectivity index (χ4v) is 3.48. The predicted molar refractivity (Wildman–Crippen MR) is 106 cm³/mol. The van der Waals surface area contributed by atoms with Gasteiger partial charge in [0.2, 0.25) is 5.91 Å². The molecule has 0 saturated carbocycles. The van der Waals surface area contributed by atoms with Crippen LogP contribution >= 0.6 is 24.0 Å². The van der Waals surface area contributed by atoms with Crippen molar-refractivity contribution in [2.24, 2.45) is 11.7 Å². The first-order chi connectivity index (χ1) is 12.6. The summed E-state index contributed by atoms with van der Waals surface area (Å²) in [7, 11) is 0. The molecule has 27 heavy (non-hydrogen) atoms. The molecule has 3 N–H and O–H groups in total. The Bertz CT molecular complexity index is 662. The Morgan fingerprint density at radius 3 is 2.41 bits per heavy atom. The summed E-state index contributed by atoms with van der Waals surface area (Å²) in [6, 6.07) is 4.31. The fraction of sp³-hybridized carbons (Fsp3) is 0.556. The molecule has 1 aromatic carbocycles. The van der Waals surface area contributed by atoms with Gasteiger partial charge in [0.15, 0.2) is 0 Å². The van der Waals surface area contributed by atoms with Gasteiger partial charge >= 0.3 is 0 Å². The van der Waals surface area contributed by atoms with E-state index in [0.717, 1.165) is 12.8 Å². The third kappa shape index (κ3) is 5.56. The maximum Gasteiger partial charge on any atom is 0.255 e. The number of morpholine rings is 1. The number of amides is 2. The summed E-state index contributed by atoms with van der Waals surface area (Å²) < 4.78 is 10.6. The van der Waals surface area contributed by atoms with E-state index in [-0.39, 0.29) is 30.1 Å². The summed E-state index contributed by atoms with van der Waals surface area (Å²) in [5, 5.41) is 3.10. The second kappa shape index (κ2) is 10.2. The minimum atomic E-state index is -0.590. The summed E-state index contributed by atoms with van der Waals surface area (Å²) in [5.41, 5.74) is 7.03. The Labute approximate surface area is 169 Å². The van der Waals surface area contributed by atoms with E-state index in [1.165, 1.54) is 0 Å². The van der Waals surface area contributed by atoms with E-state index in [1.54, 1.807) is 23.1 Å². The molecule has 1 unspecified atom stereocenters. The largest absolute Gasteiger partial charge is 0.381 e. The molecule has 2 heterocycles. The average Bonchev–Trinajstić information content (AvgIpc) is 2.68. The maximum atomic E-state index is 12.5. The highest BCUT2D eigenvalue weighted by Crippen LogP contribution is 2.24. The lowest BCUT2D eigenvalue weighted by Crippen LogP contribution is -2.44. The van der Waals surface area contributed by atoms with Crippen LogP contribution in [-0.4, -0.2) is 62.3 Å². The topological polar surface area (TPSA) is 93.9 Å². The SMILES string of the molecule is Cl.NC(C(=O)Nc1ccc(C(=O)N2CCOCC2)c(Cl)c1)C1CCOCC1. The molecule has 0 bridgehead atoms. The van der Waals surface area contributed by atoms with Crippen LogP contribution in [0.4, 0.5) is 5.69 Å². The molecule has 0 aromatic heterocycles. The standard InChI is InChI=1S/C18H24ClN3O4.ClH/c19-15-11-13(21-17(23)16(20)12-3-7-25-8-4-12)1-2-14(15)18(24)22-5-9-26-10-6-22;/h1-2,11-12,16H,3-10,20H2,(H,21,23);1H. The molecule has 0 spiro atoms. The Morgan fingerprint density at radius 2 is 1.78 bits per heavy atom. The van der Waals surface area contributed by atoms with Crippen molar-refractivity contribution in [1.82, 2.24) is 4.90 Å². The van der Waals surface area contributed by atoms with E-state index in [4.69, 9.17) is 26.8 Å². The highest BCUT2D eigenvalue weighted by molar-refractivity contribution is 6.34. The maximum absolute atomic E-state index is 12.5. The number of hydrogen-bond donors (Lipinski definition) is 2. The van der Waals surface area contributed by atoms with E-state index in [0.29, 0.717) is 55.8 Å². The molecule has 1 aromatic rings. The van der Waals surface area contributed by atoms with Gasteiger partial charge in [-0.25, -0.2) is 0 Å². The molecule has 7 nitrogen and oxygen atoms in total. The first-order valence-corrected chi connectivity index (χ1v) is 9.25. The van der Waals surface area contributed by atoms with Gasteiger partial charge in [-0.05, 0) is 37.0 Å². The van der Waals surface area contributed by atoms with Gasteiger partial charge < -0.3 is 25.4 Å². The second-order valence-electron chi connectivity index (χ2n) is 6.56. The number of anilines is 1. The van der Waals surface area contributed by atoms with Gasteiger partial charge in [-0.2, -0.15) is 0 Å². The van der Waals surface area contributed by atoms with Crippen LogP contribution in [0.1, 0.15) is 23.2 Å². The normalized spacial score (nSPS) is 19.1. The molecular formula is C18H25Cl2N3O4. The molecule has 150 valence electrons. The first-order valence-electron chi connectivity index (χ1n) is 8.87. The number of hydrogen-bond acceptors (Lipinski definition) is 5. The monoisotopic (exact) mass is 417 g/mol. The minimum absolute atomic E-state index is 0. The highest BCUT2D eigenvalue weighted by Gasteiger charge is 2.27. The Morgan fingerprint density at radius 1 is 1.15 bits per heavy atom. The van der Waals surface area contributed by atoms with E-state index >= 15 is 0 Å². The number of halogens is 2. The second-order valence-corrected chi connectivity index (χ2v) is 6.97. The molecule has 2 fully saturated rings. The zero-order chi connectivity index (χ0) is 18.5. The summed E-state index contributed by atoms with van der Waals surface area (Å²) in [6.07, 6.45) is 1.56. The zero-order valence-electron chi connectivity index (χ0n) is 15.0. The van der Waals surface area contributed by atoms with Crippen molar-refractivity contribution in [3.63, 3.8) is 0 Å².